The third kappa shape index (κ3) is 40.5. The van der Waals surface area contributed by atoms with Crippen LogP contribution in [0.2, 0.25) is 0 Å². The Balaban J connectivity index is 3.87. The van der Waals surface area contributed by atoms with Gasteiger partial charge in [0, 0.05) is 12.8 Å². The van der Waals surface area contributed by atoms with E-state index in [1.165, 1.54) is 122 Å². The second-order valence-electron chi connectivity index (χ2n) is 15.6. The van der Waals surface area contributed by atoms with Crippen molar-refractivity contribution >= 4 is 25.7 Å². The summed E-state index contributed by atoms with van der Waals surface area (Å²) in [7, 11) is -4.75. The van der Waals surface area contributed by atoms with Gasteiger partial charge in [-0.25, -0.2) is 9.36 Å². The van der Waals surface area contributed by atoms with Crippen LogP contribution in [-0.4, -0.2) is 64.9 Å². The highest BCUT2D eigenvalue weighted by molar-refractivity contribution is 7.47. The monoisotopic (exact) mass is 830 g/mol. The second-order valence-corrected chi connectivity index (χ2v) is 17.0. The summed E-state index contributed by atoms with van der Waals surface area (Å²) in [5.41, 5.74) is 0. The number of rotatable bonds is 43. The summed E-state index contributed by atoms with van der Waals surface area (Å²) in [6, 6.07) is -1.54. The lowest BCUT2D eigenvalue weighted by Crippen LogP contribution is -2.43. The minimum Gasteiger partial charge on any atom is -0.480 e. The van der Waals surface area contributed by atoms with E-state index in [-0.39, 0.29) is 12.8 Å². The van der Waals surface area contributed by atoms with Crippen molar-refractivity contribution in [2.24, 2.45) is 0 Å². The Labute approximate surface area is 347 Å². The number of phosphoric acid groups is 1. The van der Waals surface area contributed by atoms with E-state index in [9.17, 15) is 34.1 Å². The van der Waals surface area contributed by atoms with Crippen LogP contribution in [0.1, 0.15) is 213 Å². The van der Waals surface area contributed by atoms with Crippen molar-refractivity contribution in [2.45, 2.75) is 225 Å². The first kappa shape index (κ1) is 55.0. The second kappa shape index (κ2) is 40.7. The van der Waals surface area contributed by atoms with Crippen LogP contribution >= 0.6 is 7.82 Å². The number of aliphatic hydroxyl groups excluding tert-OH is 1. The van der Waals surface area contributed by atoms with Crippen molar-refractivity contribution < 1.29 is 47.8 Å². The van der Waals surface area contributed by atoms with Crippen molar-refractivity contribution in [3.63, 3.8) is 0 Å². The molecule has 3 unspecified atom stereocenters. The standard InChI is InChI=1S/C45H84NO10P/c1-3-5-7-9-11-13-15-17-19-20-21-23-25-27-29-31-33-35-37-44(49)54-38-41(47)39-55-57(52,53)56-40-42(45(50)51)46-43(48)36-34-32-30-28-26-24-22-18-16-14-12-10-8-6-4-2/h13,15,19-20,41-42,47H,3-12,14,16-18,21-40H2,1-2H3,(H,46,48)(H,50,51)(H,52,53)/b15-13-,20-19-. The molecule has 0 bridgehead atoms. The van der Waals surface area contributed by atoms with Gasteiger partial charge in [-0.3, -0.25) is 18.6 Å². The molecule has 0 aliphatic heterocycles. The number of aliphatic carboxylic acids is 1. The van der Waals surface area contributed by atoms with E-state index in [1.807, 2.05) is 0 Å². The number of ether oxygens (including phenoxy) is 1. The summed E-state index contributed by atoms with van der Waals surface area (Å²) in [5.74, 6) is -2.37. The Hall–Kier alpha value is -2.04. The van der Waals surface area contributed by atoms with Gasteiger partial charge in [0.15, 0.2) is 6.04 Å². The fourth-order valence-electron chi connectivity index (χ4n) is 6.40. The number of carboxylic acids is 1. The first-order chi connectivity index (χ1) is 27.6. The van der Waals surface area contributed by atoms with Gasteiger partial charge in [0.2, 0.25) is 5.91 Å². The predicted molar refractivity (Wildman–Crippen MR) is 231 cm³/mol. The molecule has 12 heteroatoms. The van der Waals surface area contributed by atoms with Gasteiger partial charge < -0.3 is 25.2 Å². The van der Waals surface area contributed by atoms with Crippen molar-refractivity contribution in [1.29, 1.82) is 0 Å². The van der Waals surface area contributed by atoms with Crippen molar-refractivity contribution in [3.05, 3.63) is 24.3 Å². The Morgan fingerprint density at radius 1 is 0.561 bits per heavy atom. The van der Waals surface area contributed by atoms with E-state index in [0.717, 1.165) is 51.4 Å². The van der Waals surface area contributed by atoms with Gasteiger partial charge in [0.05, 0.1) is 13.2 Å². The van der Waals surface area contributed by atoms with Gasteiger partial charge in [-0.1, -0.05) is 179 Å². The molecule has 0 heterocycles. The summed E-state index contributed by atoms with van der Waals surface area (Å²) in [6.07, 6.45) is 41.9. The number of carboxylic acid groups (broad SMARTS) is 1. The molecule has 0 saturated carbocycles. The van der Waals surface area contributed by atoms with Crippen molar-refractivity contribution in [2.75, 3.05) is 19.8 Å². The molecule has 0 radical (unpaired) electrons. The summed E-state index contributed by atoms with van der Waals surface area (Å²) >= 11 is 0. The van der Waals surface area contributed by atoms with Gasteiger partial charge in [0.25, 0.3) is 0 Å². The number of nitrogens with one attached hydrogen (secondary N) is 1. The van der Waals surface area contributed by atoms with E-state index in [0.29, 0.717) is 12.8 Å². The van der Waals surface area contributed by atoms with E-state index in [4.69, 9.17) is 13.8 Å². The maximum absolute atomic E-state index is 12.3. The number of esters is 1. The number of unbranched alkanes of at least 4 members (excludes halogenated alkanes) is 25. The number of carbonyl (C=O) groups is 3. The van der Waals surface area contributed by atoms with E-state index < -0.39 is 57.6 Å². The SMILES string of the molecule is CCCCCC/C=C\C/C=C\CCCCCCCCCC(=O)OCC(O)COP(=O)(O)OCC(NC(=O)CCCCCCCCCCCCCCCCC)C(=O)O. The number of aliphatic hydroxyl groups is 1. The zero-order chi connectivity index (χ0) is 42.1. The molecule has 0 aromatic rings. The topological polar surface area (TPSA) is 169 Å². The third-order valence-electron chi connectivity index (χ3n) is 9.99. The molecule has 0 aromatic carbocycles. The minimum absolute atomic E-state index is 0.149. The maximum Gasteiger partial charge on any atom is 0.472 e. The summed E-state index contributed by atoms with van der Waals surface area (Å²) in [6.45, 7) is 2.59. The van der Waals surface area contributed by atoms with Gasteiger partial charge in [-0.15, -0.1) is 0 Å². The molecule has 0 saturated heterocycles. The molecule has 0 rings (SSSR count). The highest BCUT2D eigenvalue weighted by Crippen LogP contribution is 2.43. The van der Waals surface area contributed by atoms with Crippen LogP contribution in [0, 0.1) is 0 Å². The van der Waals surface area contributed by atoms with Gasteiger partial charge in [-0.05, 0) is 44.9 Å². The lowest BCUT2D eigenvalue weighted by Gasteiger charge is -2.18. The predicted octanol–water partition coefficient (Wildman–Crippen LogP) is 11.8. The Morgan fingerprint density at radius 3 is 1.44 bits per heavy atom. The number of phosphoric ester groups is 1. The Morgan fingerprint density at radius 2 is 0.965 bits per heavy atom. The molecular weight excluding hydrogens is 745 g/mol. The molecule has 0 aliphatic rings. The number of carbonyl (C=O) groups excluding carboxylic acids is 2. The highest BCUT2D eigenvalue weighted by atomic mass is 31.2. The average Bonchev–Trinajstić information content (AvgIpc) is 3.18. The molecule has 57 heavy (non-hydrogen) atoms. The van der Waals surface area contributed by atoms with Crippen LogP contribution in [0.3, 0.4) is 0 Å². The molecule has 0 fully saturated rings. The summed E-state index contributed by atoms with van der Waals surface area (Å²) in [5, 5.41) is 21.8. The smallest absolute Gasteiger partial charge is 0.472 e. The number of allylic oxidation sites excluding steroid dienone is 4. The van der Waals surface area contributed by atoms with Crippen molar-refractivity contribution in [1.82, 2.24) is 5.32 Å². The lowest BCUT2D eigenvalue weighted by atomic mass is 10.0. The molecule has 11 nitrogen and oxygen atoms in total. The van der Waals surface area contributed by atoms with Crippen LogP contribution in [0.25, 0.3) is 0 Å². The van der Waals surface area contributed by atoms with Gasteiger partial charge >= 0.3 is 19.8 Å². The zero-order valence-electron chi connectivity index (χ0n) is 36.2. The molecule has 0 spiro atoms. The first-order valence-corrected chi connectivity index (χ1v) is 24.4. The summed E-state index contributed by atoms with van der Waals surface area (Å²) < 4.78 is 26.9. The molecule has 0 aliphatic carbocycles. The first-order valence-electron chi connectivity index (χ1n) is 22.9. The number of hydrogen-bond donors (Lipinski definition) is 4. The fraction of sp³-hybridized carbons (Fsp3) is 0.844. The number of amides is 1. The quantitative estimate of drug-likeness (QED) is 0.0201. The molecule has 334 valence electrons. The highest BCUT2D eigenvalue weighted by Gasteiger charge is 2.28. The fourth-order valence-corrected chi connectivity index (χ4v) is 7.18. The minimum atomic E-state index is -4.75. The van der Waals surface area contributed by atoms with E-state index in [1.54, 1.807) is 0 Å². The summed E-state index contributed by atoms with van der Waals surface area (Å²) in [4.78, 5) is 45.9. The number of hydrogen-bond acceptors (Lipinski definition) is 8. The lowest BCUT2D eigenvalue weighted by molar-refractivity contribution is -0.147. The van der Waals surface area contributed by atoms with Gasteiger partial charge in [0.1, 0.15) is 12.7 Å². The van der Waals surface area contributed by atoms with Crippen LogP contribution < -0.4 is 5.32 Å². The van der Waals surface area contributed by atoms with Crippen LogP contribution in [0.5, 0.6) is 0 Å². The molecule has 4 N–H and O–H groups in total. The largest absolute Gasteiger partial charge is 0.480 e. The molecular formula is C45H84NO10P. The molecule has 0 aromatic heterocycles. The van der Waals surface area contributed by atoms with E-state index >= 15 is 0 Å². The molecule has 1 amide bonds. The molecule has 3 atom stereocenters. The zero-order valence-corrected chi connectivity index (χ0v) is 37.0. The van der Waals surface area contributed by atoms with Crippen LogP contribution in [0.15, 0.2) is 24.3 Å². The van der Waals surface area contributed by atoms with Crippen LogP contribution in [-0.2, 0) is 32.7 Å². The third-order valence-corrected chi connectivity index (χ3v) is 10.9. The van der Waals surface area contributed by atoms with Gasteiger partial charge in [-0.2, -0.15) is 0 Å². The van der Waals surface area contributed by atoms with Crippen LogP contribution in [0.4, 0.5) is 0 Å². The maximum atomic E-state index is 12.3. The average molecular weight is 830 g/mol. The van der Waals surface area contributed by atoms with Crippen molar-refractivity contribution in [3.8, 4) is 0 Å². The Bertz CT molecular complexity index is 1070. The van der Waals surface area contributed by atoms with E-state index in [2.05, 4.69) is 43.5 Å². The normalized spacial score (nSPS) is 13.9. The Kier molecular flexibility index (Phi) is 39.3.